The molecule has 4 bridgehead atoms. The van der Waals surface area contributed by atoms with Gasteiger partial charge in [-0.3, -0.25) is 4.79 Å². The van der Waals surface area contributed by atoms with Gasteiger partial charge in [-0.1, -0.05) is 6.92 Å². The summed E-state index contributed by atoms with van der Waals surface area (Å²) in [5, 5.41) is 0. The minimum absolute atomic E-state index is 0.00180. The molecule has 0 radical (unpaired) electrons. The number of alkyl halides is 1. The number of hydrogen-bond donors (Lipinski definition) is 0. The normalized spacial score (nSPS) is 47.2. The maximum Gasteiger partial charge on any atom is 0.321 e. The molecule has 4 saturated carbocycles. The van der Waals surface area contributed by atoms with Crippen LogP contribution in [0.2, 0.25) is 0 Å². The van der Waals surface area contributed by atoms with Gasteiger partial charge >= 0.3 is 5.97 Å². The van der Waals surface area contributed by atoms with E-state index in [1.807, 2.05) is 0 Å². The molecule has 4 rings (SSSR count). The zero-order valence-electron chi connectivity index (χ0n) is 10.5. The highest BCUT2D eigenvalue weighted by molar-refractivity contribution is 6.26. The summed E-state index contributed by atoms with van der Waals surface area (Å²) in [6, 6.07) is 0. The first-order chi connectivity index (χ1) is 8.16. The molecule has 0 saturated heterocycles. The molecule has 0 aliphatic heterocycles. The van der Waals surface area contributed by atoms with Crippen LogP contribution in [-0.4, -0.2) is 17.5 Å². The Morgan fingerprint density at radius 2 is 1.94 bits per heavy atom. The Morgan fingerprint density at radius 3 is 2.47 bits per heavy atom. The van der Waals surface area contributed by atoms with E-state index in [4.69, 9.17) is 16.3 Å². The lowest BCUT2D eigenvalue weighted by molar-refractivity contribution is -0.206. The Labute approximate surface area is 108 Å². The fourth-order valence-electron chi connectivity index (χ4n) is 5.19. The van der Waals surface area contributed by atoms with Crippen molar-refractivity contribution in [3.8, 4) is 0 Å². The second-order valence-corrected chi connectivity index (χ2v) is 6.56. The van der Waals surface area contributed by atoms with Gasteiger partial charge in [-0.05, 0) is 56.3 Å². The number of carbonyl (C=O) groups is 1. The molecule has 0 N–H and O–H groups in total. The van der Waals surface area contributed by atoms with E-state index in [0.29, 0.717) is 5.92 Å². The Kier molecular flexibility index (Phi) is 2.89. The molecule has 0 aromatic rings. The number of hydrogen-bond acceptors (Lipinski definition) is 2. The van der Waals surface area contributed by atoms with Gasteiger partial charge in [0.25, 0.3) is 0 Å². The zero-order valence-corrected chi connectivity index (χ0v) is 11.2. The molecule has 96 valence electrons. The van der Waals surface area contributed by atoms with Gasteiger partial charge in [0.1, 0.15) is 11.5 Å². The highest BCUT2D eigenvalue weighted by Crippen LogP contribution is 2.60. The quantitative estimate of drug-likeness (QED) is 0.572. The second kappa shape index (κ2) is 4.15. The summed E-state index contributed by atoms with van der Waals surface area (Å²) in [5.41, 5.74) is -0.143. The third-order valence-corrected chi connectivity index (χ3v) is 5.54. The lowest BCUT2D eigenvalue weighted by Gasteiger charge is -2.60. The van der Waals surface area contributed by atoms with Crippen LogP contribution < -0.4 is 0 Å². The van der Waals surface area contributed by atoms with Crippen molar-refractivity contribution < 1.29 is 9.53 Å². The van der Waals surface area contributed by atoms with E-state index in [9.17, 15) is 4.79 Å². The predicted octanol–water partition coefficient (Wildman–Crippen LogP) is 3.37. The van der Waals surface area contributed by atoms with Gasteiger partial charge in [-0.2, -0.15) is 0 Å². The van der Waals surface area contributed by atoms with E-state index in [-0.39, 0.29) is 17.5 Å². The first kappa shape index (κ1) is 11.8. The summed E-state index contributed by atoms with van der Waals surface area (Å²) in [6.45, 7) is 2.24. The highest BCUT2D eigenvalue weighted by atomic mass is 35.5. The predicted molar refractivity (Wildman–Crippen MR) is 66.9 cm³/mol. The molecule has 17 heavy (non-hydrogen) atoms. The topological polar surface area (TPSA) is 26.3 Å². The van der Waals surface area contributed by atoms with Gasteiger partial charge in [0.15, 0.2) is 0 Å². The molecular formula is C14H21ClO2. The molecule has 3 atom stereocenters. The van der Waals surface area contributed by atoms with Crippen LogP contribution in [0.25, 0.3) is 0 Å². The third kappa shape index (κ3) is 1.80. The minimum Gasteiger partial charge on any atom is -0.458 e. The summed E-state index contributed by atoms with van der Waals surface area (Å²) >= 11 is 5.61. The molecule has 0 aromatic carbocycles. The van der Waals surface area contributed by atoms with Crippen LogP contribution in [0, 0.1) is 23.7 Å². The van der Waals surface area contributed by atoms with Crippen molar-refractivity contribution in [3.63, 3.8) is 0 Å². The lowest BCUT2D eigenvalue weighted by atomic mass is 9.49. The molecule has 4 fully saturated rings. The number of ether oxygens (including phenoxy) is 1. The van der Waals surface area contributed by atoms with E-state index in [1.165, 1.54) is 19.3 Å². The van der Waals surface area contributed by atoms with Crippen molar-refractivity contribution in [1.82, 2.24) is 0 Å². The second-order valence-electron chi connectivity index (χ2n) is 6.29. The van der Waals surface area contributed by atoms with Crippen molar-refractivity contribution >= 4 is 17.6 Å². The SMILES string of the molecule is CCC1C2CC3CC(C2)CC1(OC(=O)CCl)C3. The largest absolute Gasteiger partial charge is 0.458 e. The van der Waals surface area contributed by atoms with Gasteiger partial charge in [-0.15, -0.1) is 11.6 Å². The van der Waals surface area contributed by atoms with E-state index >= 15 is 0 Å². The van der Waals surface area contributed by atoms with Gasteiger partial charge in [0, 0.05) is 5.92 Å². The van der Waals surface area contributed by atoms with Crippen molar-refractivity contribution in [1.29, 1.82) is 0 Å². The number of halogens is 1. The molecular weight excluding hydrogens is 236 g/mol. The summed E-state index contributed by atoms with van der Waals surface area (Å²) in [6.07, 6.45) is 7.44. The molecule has 3 unspecified atom stereocenters. The summed E-state index contributed by atoms with van der Waals surface area (Å²) < 4.78 is 5.83. The van der Waals surface area contributed by atoms with Gasteiger partial charge < -0.3 is 4.74 Å². The van der Waals surface area contributed by atoms with Crippen LogP contribution >= 0.6 is 11.6 Å². The summed E-state index contributed by atoms with van der Waals surface area (Å²) in [4.78, 5) is 11.6. The van der Waals surface area contributed by atoms with E-state index in [0.717, 1.165) is 37.0 Å². The van der Waals surface area contributed by atoms with Crippen LogP contribution in [0.15, 0.2) is 0 Å². The zero-order chi connectivity index (χ0) is 12.0. The van der Waals surface area contributed by atoms with Crippen molar-refractivity contribution in [3.05, 3.63) is 0 Å². The fourth-order valence-corrected chi connectivity index (χ4v) is 5.24. The molecule has 0 aromatic heterocycles. The average molecular weight is 257 g/mol. The standard InChI is InChI=1S/C14H21ClO2/c1-2-12-11-4-9-3-10(5-11)7-14(12,6-9)17-13(16)8-15/h9-12H,2-8H2,1H3. The highest BCUT2D eigenvalue weighted by Gasteiger charge is 2.58. The maximum absolute atomic E-state index is 11.6. The van der Waals surface area contributed by atoms with Crippen molar-refractivity contribution in [2.75, 3.05) is 5.88 Å². The molecule has 0 spiro atoms. The first-order valence-corrected chi connectivity index (χ1v) is 7.48. The summed E-state index contributed by atoms with van der Waals surface area (Å²) in [5.74, 6) is 2.78. The average Bonchev–Trinajstić information content (AvgIpc) is 2.27. The first-order valence-electron chi connectivity index (χ1n) is 6.94. The van der Waals surface area contributed by atoms with Crippen LogP contribution in [0.3, 0.4) is 0 Å². The third-order valence-electron chi connectivity index (χ3n) is 5.32. The molecule has 0 heterocycles. The van der Waals surface area contributed by atoms with Crippen LogP contribution in [0.4, 0.5) is 0 Å². The van der Waals surface area contributed by atoms with Crippen molar-refractivity contribution in [2.45, 2.75) is 51.0 Å². The number of rotatable bonds is 3. The van der Waals surface area contributed by atoms with Gasteiger partial charge in [0.2, 0.25) is 0 Å². The Balaban J connectivity index is 1.87. The molecule has 0 amide bonds. The van der Waals surface area contributed by atoms with E-state index < -0.39 is 0 Å². The van der Waals surface area contributed by atoms with Crippen LogP contribution in [0.5, 0.6) is 0 Å². The van der Waals surface area contributed by atoms with Crippen LogP contribution in [-0.2, 0) is 9.53 Å². The lowest BCUT2D eigenvalue weighted by Crippen LogP contribution is -2.59. The van der Waals surface area contributed by atoms with Gasteiger partial charge in [0.05, 0.1) is 0 Å². The van der Waals surface area contributed by atoms with Crippen LogP contribution in [0.1, 0.15) is 45.4 Å². The minimum atomic E-state index is -0.216. The molecule has 4 aliphatic carbocycles. The van der Waals surface area contributed by atoms with E-state index in [2.05, 4.69) is 6.92 Å². The number of esters is 1. The maximum atomic E-state index is 11.6. The monoisotopic (exact) mass is 256 g/mol. The van der Waals surface area contributed by atoms with Gasteiger partial charge in [-0.25, -0.2) is 0 Å². The van der Waals surface area contributed by atoms with E-state index in [1.54, 1.807) is 0 Å². The Bertz CT molecular complexity index is 314. The van der Waals surface area contributed by atoms with Crippen molar-refractivity contribution in [2.24, 2.45) is 23.7 Å². The molecule has 4 aliphatic rings. The molecule has 3 heteroatoms. The fraction of sp³-hybridized carbons (Fsp3) is 0.929. The Morgan fingerprint density at radius 1 is 1.29 bits per heavy atom. The Hall–Kier alpha value is -0.240. The number of carbonyl (C=O) groups excluding carboxylic acids is 1. The summed E-state index contributed by atoms with van der Waals surface area (Å²) in [7, 11) is 0. The smallest absolute Gasteiger partial charge is 0.321 e. The molecule has 2 nitrogen and oxygen atoms in total.